The first-order chi connectivity index (χ1) is 9.85. The van der Waals surface area contributed by atoms with Crippen LogP contribution < -0.4 is 0 Å². The van der Waals surface area contributed by atoms with Crippen molar-refractivity contribution < 1.29 is 0 Å². The van der Waals surface area contributed by atoms with Gasteiger partial charge in [-0.2, -0.15) is 10.5 Å². The number of hydrogen-bond acceptors (Lipinski definition) is 2. The Hall–Kier alpha value is -1.28. The molecule has 8 unspecified atom stereocenters. The average Bonchev–Trinajstić information content (AvgIpc) is 3.19. The Balaban J connectivity index is 1.59. The fourth-order valence-electron chi connectivity index (χ4n) is 6.61. The maximum Gasteiger partial charge on any atom is 0.0621 e. The molecule has 0 saturated heterocycles. The number of rotatable bonds is 4. The number of nitrogens with zero attached hydrogens (tertiary/aromatic N) is 2. The highest BCUT2D eigenvalue weighted by molar-refractivity contribution is 5.22. The number of fused-ring (bicyclic) bond motifs is 9. The van der Waals surface area contributed by atoms with Gasteiger partial charge in [0.15, 0.2) is 0 Å². The van der Waals surface area contributed by atoms with Crippen LogP contribution in [0, 0.1) is 70.0 Å². The predicted octanol–water partition coefficient (Wildman–Crippen LogP) is 3.91. The molecule has 4 aliphatic carbocycles. The zero-order valence-electron chi connectivity index (χ0n) is 11.9. The number of allylic oxidation sites excluding steroid dienone is 2. The summed E-state index contributed by atoms with van der Waals surface area (Å²) in [5, 5.41) is 17.9. The highest BCUT2D eigenvalue weighted by atomic mass is 14.7. The predicted molar refractivity (Wildman–Crippen MR) is 76.0 cm³/mol. The summed E-state index contributed by atoms with van der Waals surface area (Å²) in [6.07, 6.45) is 11.3. The molecule has 2 heteroatoms. The molecule has 0 spiro atoms. The molecule has 4 rings (SSSR count). The third-order valence-corrected chi connectivity index (χ3v) is 6.94. The molecular weight excluding hydrogens is 244 g/mol. The van der Waals surface area contributed by atoms with Crippen molar-refractivity contribution in [1.82, 2.24) is 0 Å². The van der Waals surface area contributed by atoms with Gasteiger partial charge in [-0.05, 0) is 73.0 Å². The highest BCUT2D eigenvalue weighted by Gasteiger charge is 2.63. The molecule has 0 N–H and O–H groups in total. The molecule has 4 bridgehead atoms. The van der Waals surface area contributed by atoms with Gasteiger partial charge in [0, 0.05) is 12.8 Å². The van der Waals surface area contributed by atoms with Gasteiger partial charge in [-0.3, -0.25) is 0 Å². The van der Waals surface area contributed by atoms with Crippen molar-refractivity contribution in [3.05, 3.63) is 12.2 Å². The molecule has 104 valence electrons. The SMILES string of the molecule is N#CCCC1C(CCC#N)C2CC1C1C3C=CC(C3)C21. The van der Waals surface area contributed by atoms with E-state index in [1.54, 1.807) is 0 Å². The molecule has 0 aliphatic heterocycles. The van der Waals surface area contributed by atoms with Crippen molar-refractivity contribution in [2.24, 2.45) is 47.3 Å². The second kappa shape index (κ2) is 4.63. The van der Waals surface area contributed by atoms with Gasteiger partial charge in [-0.1, -0.05) is 12.2 Å². The zero-order valence-corrected chi connectivity index (χ0v) is 11.9. The van der Waals surface area contributed by atoms with Crippen LogP contribution in [0.1, 0.15) is 38.5 Å². The molecule has 3 saturated carbocycles. The monoisotopic (exact) mass is 266 g/mol. The molecule has 0 aromatic carbocycles. The third-order valence-electron chi connectivity index (χ3n) is 6.94. The van der Waals surface area contributed by atoms with E-state index in [0.717, 1.165) is 60.2 Å². The van der Waals surface area contributed by atoms with Gasteiger partial charge in [0.05, 0.1) is 12.1 Å². The minimum Gasteiger partial charge on any atom is -0.198 e. The highest BCUT2D eigenvalue weighted by Crippen LogP contribution is 2.69. The first-order valence-corrected chi connectivity index (χ1v) is 8.27. The summed E-state index contributed by atoms with van der Waals surface area (Å²) in [6, 6.07) is 4.69. The second-order valence-electron chi connectivity index (χ2n) is 7.39. The maximum atomic E-state index is 8.94. The summed E-state index contributed by atoms with van der Waals surface area (Å²) in [7, 11) is 0. The van der Waals surface area contributed by atoms with Crippen LogP contribution in [0.2, 0.25) is 0 Å². The number of nitriles is 2. The van der Waals surface area contributed by atoms with E-state index < -0.39 is 0 Å². The normalized spacial score (nSPS) is 50.1. The van der Waals surface area contributed by atoms with E-state index in [-0.39, 0.29) is 0 Å². The van der Waals surface area contributed by atoms with Crippen LogP contribution in [0.4, 0.5) is 0 Å². The lowest BCUT2D eigenvalue weighted by molar-refractivity contribution is 0.0788. The van der Waals surface area contributed by atoms with Crippen molar-refractivity contribution in [2.75, 3.05) is 0 Å². The fourth-order valence-corrected chi connectivity index (χ4v) is 6.61. The van der Waals surface area contributed by atoms with Crippen LogP contribution in [0.15, 0.2) is 12.2 Å². The van der Waals surface area contributed by atoms with Gasteiger partial charge in [0.25, 0.3) is 0 Å². The summed E-state index contributed by atoms with van der Waals surface area (Å²) in [5.41, 5.74) is 0. The zero-order chi connectivity index (χ0) is 13.7. The molecule has 20 heavy (non-hydrogen) atoms. The van der Waals surface area contributed by atoms with E-state index in [4.69, 9.17) is 10.5 Å². The summed E-state index contributed by atoms with van der Waals surface area (Å²) >= 11 is 0. The van der Waals surface area contributed by atoms with E-state index in [1.807, 2.05) is 0 Å². The quantitative estimate of drug-likeness (QED) is 0.572. The molecule has 2 nitrogen and oxygen atoms in total. The molecule has 0 aromatic heterocycles. The van der Waals surface area contributed by atoms with Crippen molar-refractivity contribution in [3.63, 3.8) is 0 Å². The summed E-state index contributed by atoms with van der Waals surface area (Å²) in [4.78, 5) is 0. The largest absolute Gasteiger partial charge is 0.198 e. The molecule has 0 amide bonds. The van der Waals surface area contributed by atoms with Crippen LogP contribution in [0.3, 0.4) is 0 Å². The molecule has 8 atom stereocenters. The van der Waals surface area contributed by atoms with Crippen molar-refractivity contribution in [3.8, 4) is 12.1 Å². The van der Waals surface area contributed by atoms with Gasteiger partial charge in [-0.15, -0.1) is 0 Å². The van der Waals surface area contributed by atoms with E-state index >= 15 is 0 Å². The molecule has 4 aliphatic rings. The van der Waals surface area contributed by atoms with E-state index in [1.165, 1.54) is 12.8 Å². The Bertz CT molecular complexity index is 464. The molecule has 0 radical (unpaired) electrons. The summed E-state index contributed by atoms with van der Waals surface area (Å²) < 4.78 is 0. The molecular formula is C18H22N2. The van der Waals surface area contributed by atoms with Crippen LogP contribution in [-0.2, 0) is 0 Å². The van der Waals surface area contributed by atoms with Gasteiger partial charge >= 0.3 is 0 Å². The van der Waals surface area contributed by atoms with E-state index in [9.17, 15) is 0 Å². The van der Waals surface area contributed by atoms with Crippen molar-refractivity contribution in [2.45, 2.75) is 38.5 Å². The van der Waals surface area contributed by atoms with Crippen LogP contribution in [0.5, 0.6) is 0 Å². The maximum absolute atomic E-state index is 8.94. The van der Waals surface area contributed by atoms with Gasteiger partial charge in [0.2, 0.25) is 0 Å². The minimum atomic E-state index is 0.707. The van der Waals surface area contributed by atoms with Crippen molar-refractivity contribution >= 4 is 0 Å². The Morgan fingerprint density at radius 2 is 1.30 bits per heavy atom. The Kier molecular flexibility index (Phi) is 2.88. The van der Waals surface area contributed by atoms with Gasteiger partial charge < -0.3 is 0 Å². The van der Waals surface area contributed by atoms with Gasteiger partial charge in [-0.25, -0.2) is 0 Å². The van der Waals surface area contributed by atoms with E-state index in [0.29, 0.717) is 12.8 Å². The first-order valence-electron chi connectivity index (χ1n) is 8.27. The molecule has 3 fully saturated rings. The number of hydrogen-bond donors (Lipinski definition) is 0. The fraction of sp³-hybridized carbons (Fsp3) is 0.778. The lowest BCUT2D eigenvalue weighted by Crippen LogP contribution is -2.37. The van der Waals surface area contributed by atoms with Crippen LogP contribution in [0.25, 0.3) is 0 Å². The van der Waals surface area contributed by atoms with Crippen LogP contribution in [-0.4, -0.2) is 0 Å². The minimum absolute atomic E-state index is 0.707. The third kappa shape index (κ3) is 1.54. The Morgan fingerprint density at radius 1 is 0.800 bits per heavy atom. The molecule has 0 aromatic rings. The van der Waals surface area contributed by atoms with Crippen LogP contribution >= 0.6 is 0 Å². The Labute approximate surface area is 121 Å². The molecule has 0 heterocycles. The van der Waals surface area contributed by atoms with Crippen molar-refractivity contribution in [1.29, 1.82) is 10.5 Å². The lowest BCUT2D eigenvalue weighted by Gasteiger charge is -2.42. The summed E-state index contributed by atoms with van der Waals surface area (Å²) in [6.45, 7) is 0. The first kappa shape index (κ1) is 12.5. The standard InChI is InChI=1S/C18H22N2/c19-7-1-3-13-14(4-2-8-20)16-10-15(13)17-11-5-6-12(9-11)18(16)17/h5-6,11-18H,1-4,9-10H2. The Morgan fingerprint density at radius 3 is 1.75 bits per heavy atom. The topological polar surface area (TPSA) is 47.6 Å². The van der Waals surface area contributed by atoms with E-state index in [2.05, 4.69) is 24.3 Å². The van der Waals surface area contributed by atoms with Gasteiger partial charge in [0.1, 0.15) is 0 Å². The smallest absolute Gasteiger partial charge is 0.0621 e. The second-order valence-corrected chi connectivity index (χ2v) is 7.39. The lowest BCUT2D eigenvalue weighted by atomic mass is 9.63. The average molecular weight is 266 g/mol. The summed E-state index contributed by atoms with van der Waals surface area (Å²) in [5.74, 6) is 6.75.